The Balaban J connectivity index is 1.39. The Morgan fingerprint density at radius 3 is 0.911 bits per heavy atom. The van der Waals surface area contributed by atoms with Crippen LogP contribution in [0.4, 0.5) is 43.9 Å². The molecule has 1 aliphatic carbocycles. The van der Waals surface area contributed by atoms with Gasteiger partial charge in [-0.05, 0) is 68.8 Å². The van der Waals surface area contributed by atoms with E-state index in [2.05, 4.69) is 0 Å². The molecule has 0 radical (unpaired) electrons. The number of halogens is 10. The van der Waals surface area contributed by atoms with Gasteiger partial charge in [0.25, 0.3) is 0 Å². The summed E-state index contributed by atoms with van der Waals surface area (Å²) < 4.78 is 141. The third-order valence-electron chi connectivity index (χ3n) is 9.25. The van der Waals surface area contributed by atoms with Gasteiger partial charge in [-0.15, -0.1) is 0 Å². The van der Waals surface area contributed by atoms with Crippen molar-refractivity contribution in [1.82, 2.24) is 0 Å². The fourth-order valence-corrected chi connectivity index (χ4v) is 6.62. The normalized spacial score (nSPS) is 11.3. The predicted molar refractivity (Wildman–Crippen MR) is 180 cm³/mol. The minimum atomic E-state index is -2.33. The van der Waals surface area contributed by atoms with E-state index in [1.165, 1.54) is 48.5 Å². The maximum Gasteiger partial charge on any atom is 0.200 e. The Hall–Kier alpha value is -7.68. The Labute approximate surface area is 308 Å². The molecule has 0 bridgehead atoms. The summed E-state index contributed by atoms with van der Waals surface area (Å²) in [5.74, 6) is -21.4. The highest BCUT2D eigenvalue weighted by Gasteiger charge is 2.32. The number of allylic oxidation sites excluding steroid dienone is 1. The van der Waals surface area contributed by atoms with Crippen LogP contribution >= 0.6 is 0 Å². The van der Waals surface area contributed by atoms with E-state index >= 15 is 0 Å². The standard InChI is InChI=1S/C42H12F10N4/c43-33-31(34(44)38(48)41(51)37(33)47)19-5-1-17(2-6-19)24-11-26-27-12-25(18-3-7-20(8-4-18)32-35(45)39(49)42(52)40(50)36(32)46)22(14-54)10-29(27)30(23(15-55)16-56)28(26)9-21(24)13-53/h1-12H. The van der Waals surface area contributed by atoms with Crippen molar-refractivity contribution in [3.8, 4) is 79.9 Å². The molecule has 0 N–H and O–H groups in total. The molecule has 14 heteroatoms. The summed E-state index contributed by atoms with van der Waals surface area (Å²) in [6.45, 7) is 0. The van der Waals surface area contributed by atoms with Gasteiger partial charge in [0, 0.05) is 16.7 Å². The number of fused-ring (bicyclic) bond motifs is 3. The molecule has 0 saturated heterocycles. The zero-order chi connectivity index (χ0) is 40.3. The fourth-order valence-electron chi connectivity index (χ4n) is 6.62. The van der Waals surface area contributed by atoms with Gasteiger partial charge in [0.2, 0.25) is 11.6 Å². The van der Waals surface area contributed by atoms with E-state index in [1.54, 1.807) is 12.1 Å². The van der Waals surface area contributed by atoms with Gasteiger partial charge in [-0.2, -0.15) is 21.0 Å². The molecular weight excluding hydrogens is 750 g/mol. The van der Waals surface area contributed by atoms with Crippen molar-refractivity contribution in [3.63, 3.8) is 0 Å². The smallest absolute Gasteiger partial charge is 0.200 e. The van der Waals surface area contributed by atoms with Crippen molar-refractivity contribution in [2.45, 2.75) is 0 Å². The maximum absolute atomic E-state index is 14.6. The second-order valence-corrected chi connectivity index (χ2v) is 12.1. The Bertz CT molecular complexity index is 2690. The summed E-state index contributed by atoms with van der Waals surface area (Å²) >= 11 is 0. The van der Waals surface area contributed by atoms with Crippen LogP contribution in [0.15, 0.2) is 78.4 Å². The van der Waals surface area contributed by atoms with Gasteiger partial charge in [-0.25, -0.2) is 43.9 Å². The van der Waals surface area contributed by atoms with Crippen LogP contribution in [0.5, 0.6) is 0 Å². The topological polar surface area (TPSA) is 95.2 Å². The highest BCUT2D eigenvalue weighted by Crippen LogP contribution is 2.50. The van der Waals surface area contributed by atoms with Gasteiger partial charge in [-0.1, -0.05) is 48.5 Å². The van der Waals surface area contributed by atoms with Gasteiger partial charge in [-0.3, -0.25) is 0 Å². The average Bonchev–Trinajstić information content (AvgIpc) is 3.52. The highest BCUT2D eigenvalue weighted by molar-refractivity contribution is 6.07. The lowest BCUT2D eigenvalue weighted by molar-refractivity contribution is 0.381. The van der Waals surface area contributed by atoms with Crippen molar-refractivity contribution in [2.75, 3.05) is 0 Å². The molecule has 6 aromatic carbocycles. The highest BCUT2D eigenvalue weighted by atomic mass is 19.2. The van der Waals surface area contributed by atoms with Crippen LogP contribution in [-0.2, 0) is 0 Å². The molecule has 270 valence electrons. The molecule has 0 aromatic heterocycles. The summed E-state index contributed by atoms with van der Waals surface area (Å²) in [7, 11) is 0. The first-order valence-corrected chi connectivity index (χ1v) is 15.7. The second kappa shape index (κ2) is 13.6. The minimum absolute atomic E-state index is 0.0160. The van der Waals surface area contributed by atoms with E-state index in [-0.39, 0.29) is 66.8 Å². The molecule has 0 spiro atoms. The molecule has 0 aliphatic heterocycles. The third-order valence-corrected chi connectivity index (χ3v) is 9.25. The number of nitrogens with zero attached hydrogens (tertiary/aromatic N) is 4. The molecule has 6 aromatic rings. The lowest BCUT2D eigenvalue weighted by atomic mass is 9.91. The molecule has 0 saturated carbocycles. The molecule has 0 heterocycles. The van der Waals surface area contributed by atoms with E-state index in [1.807, 2.05) is 12.1 Å². The van der Waals surface area contributed by atoms with Crippen LogP contribution in [0.1, 0.15) is 22.3 Å². The predicted octanol–water partition coefficient (Wildman–Crippen LogP) is 11.3. The monoisotopic (exact) mass is 762 g/mol. The van der Waals surface area contributed by atoms with Crippen LogP contribution in [0.3, 0.4) is 0 Å². The quantitative estimate of drug-likeness (QED) is 0.0772. The summed E-state index contributed by atoms with van der Waals surface area (Å²) in [5, 5.41) is 40.0. The van der Waals surface area contributed by atoms with Crippen molar-refractivity contribution in [3.05, 3.63) is 159 Å². The van der Waals surface area contributed by atoms with Crippen LogP contribution in [0.25, 0.3) is 61.2 Å². The lowest BCUT2D eigenvalue weighted by Crippen LogP contribution is -2.04. The number of hydrogen-bond donors (Lipinski definition) is 0. The van der Waals surface area contributed by atoms with Crippen molar-refractivity contribution >= 4 is 5.57 Å². The summed E-state index contributed by atoms with van der Waals surface area (Å²) in [6, 6.07) is 22.8. The Morgan fingerprint density at radius 1 is 0.339 bits per heavy atom. The number of hydrogen-bond acceptors (Lipinski definition) is 4. The molecule has 0 amide bonds. The summed E-state index contributed by atoms with van der Waals surface area (Å²) in [5.41, 5.74) is -1.38. The largest absolute Gasteiger partial charge is 0.203 e. The van der Waals surface area contributed by atoms with E-state index < -0.39 is 69.3 Å². The molecule has 0 unspecified atom stereocenters. The van der Waals surface area contributed by atoms with Gasteiger partial charge < -0.3 is 0 Å². The zero-order valence-corrected chi connectivity index (χ0v) is 27.5. The second-order valence-electron chi connectivity index (χ2n) is 12.1. The molecule has 4 nitrogen and oxygen atoms in total. The van der Waals surface area contributed by atoms with Crippen LogP contribution in [0, 0.1) is 103 Å². The Kier molecular flexibility index (Phi) is 8.92. The summed E-state index contributed by atoms with van der Waals surface area (Å²) in [4.78, 5) is 0. The van der Waals surface area contributed by atoms with Gasteiger partial charge in [0.1, 0.15) is 17.7 Å². The minimum Gasteiger partial charge on any atom is -0.203 e. The van der Waals surface area contributed by atoms with Crippen LogP contribution in [0.2, 0.25) is 0 Å². The zero-order valence-electron chi connectivity index (χ0n) is 27.5. The first-order chi connectivity index (χ1) is 26.8. The van der Waals surface area contributed by atoms with Gasteiger partial charge >= 0.3 is 0 Å². The van der Waals surface area contributed by atoms with E-state index in [0.29, 0.717) is 11.1 Å². The molecule has 7 rings (SSSR count). The maximum atomic E-state index is 14.6. The third kappa shape index (κ3) is 5.43. The number of rotatable bonds is 4. The SMILES string of the molecule is N#CC(C#N)=C1c2cc(C#N)c(-c3ccc(-c4c(F)c(F)c(F)c(F)c4F)cc3)cc2-c2cc(-c3ccc(-c4c(F)c(F)c(F)c(F)c4F)cc3)c(C#N)cc21. The lowest BCUT2D eigenvalue weighted by Gasteiger charge is -2.13. The van der Waals surface area contributed by atoms with Crippen molar-refractivity contribution < 1.29 is 43.9 Å². The molecular formula is C42H12F10N4. The number of benzene rings is 6. The molecule has 0 fully saturated rings. The Morgan fingerprint density at radius 2 is 0.625 bits per heavy atom. The van der Waals surface area contributed by atoms with Crippen LogP contribution in [-0.4, -0.2) is 0 Å². The van der Waals surface area contributed by atoms with E-state index in [9.17, 15) is 65.0 Å². The van der Waals surface area contributed by atoms with E-state index in [4.69, 9.17) is 0 Å². The first kappa shape index (κ1) is 36.7. The summed E-state index contributed by atoms with van der Waals surface area (Å²) in [6.07, 6.45) is 0. The van der Waals surface area contributed by atoms with Gasteiger partial charge in [0.05, 0.1) is 34.4 Å². The van der Waals surface area contributed by atoms with Crippen molar-refractivity contribution in [1.29, 1.82) is 21.0 Å². The molecule has 0 atom stereocenters. The van der Waals surface area contributed by atoms with Crippen molar-refractivity contribution in [2.24, 2.45) is 0 Å². The van der Waals surface area contributed by atoms with Crippen LogP contribution < -0.4 is 0 Å². The fraction of sp³-hybridized carbons (Fsp3) is 0. The average molecular weight is 763 g/mol. The number of nitriles is 4. The van der Waals surface area contributed by atoms with E-state index in [0.717, 1.165) is 24.3 Å². The molecule has 56 heavy (non-hydrogen) atoms. The van der Waals surface area contributed by atoms with Gasteiger partial charge in [0.15, 0.2) is 46.5 Å². The molecule has 1 aliphatic rings. The first-order valence-electron chi connectivity index (χ1n) is 15.7.